The topological polar surface area (TPSA) is 49.0 Å². The maximum Gasteiger partial charge on any atom is 0.0704 e. The van der Waals surface area contributed by atoms with E-state index >= 15 is 0 Å². The lowest BCUT2D eigenvalue weighted by molar-refractivity contribution is -0.128. The molecule has 0 aliphatic heterocycles. The van der Waals surface area contributed by atoms with Gasteiger partial charge in [0.2, 0.25) is 0 Å². The zero-order valence-corrected chi connectivity index (χ0v) is 13.4. The van der Waals surface area contributed by atoms with Crippen LogP contribution in [0.1, 0.15) is 27.2 Å². The van der Waals surface area contributed by atoms with E-state index in [0.717, 1.165) is 13.0 Å². The summed E-state index contributed by atoms with van der Waals surface area (Å²) in [5.41, 5.74) is 0.222. The second-order valence-electron chi connectivity index (χ2n) is 5.74. The Labute approximate surface area is 123 Å². The van der Waals surface area contributed by atoms with Gasteiger partial charge in [0, 0.05) is 18.6 Å². The molecule has 0 saturated heterocycles. The van der Waals surface area contributed by atoms with Crippen LogP contribution in [0.5, 0.6) is 0 Å². The Morgan fingerprint density at radius 3 is 2.15 bits per heavy atom. The van der Waals surface area contributed by atoms with Gasteiger partial charge in [-0.25, -0.2) is 0 Å². The average molecular weight is 289 g/mol. The number of nitrogens with one attached hydrogen (secondary N) is 1. The standard InChI is InChI=1S/C15H31NO4/c1-5-16-13-12-14(15(13,2)3)20-11-10-19-9-8-18-7-6-17-4/h13-14,16H,5-12H2,1-4H3. The quantitative estimate of drug-likeness (QED) is 0.551. The van der Waals surface area contributed by atoms with E-state index in [1.54, 1.807) is 7.11 Å². The molecule has 0 radical (unpaired) electrons. The SMILES string of the molecule is CCNC1CC(OCCOCCOCCOC)C1(C)C. The van der Waals surface area contributed by atoms with Gasteiger partial charge >= 0.3 is 0 Å². The summed E-state index contributed by atoms with van der Waals surface area (Å²) in [6.07, 6.45) is 1.44. The minimum Gasteiger partial charge on any atom is -0.382 e. The molecule has 0 aromatic heterocycles. The van der Waals surface area contributed by atoms with Crippen LogP contribution in [0, 0.1) is 5.41 Å². The van der Waals surface area contributed by atoms with Gasteiger partial charge in [-0.2, -0.15) is 0 Å². The van der Waals surface area contributed by atoms with Crippen molar-refractivity contribution in [1.82, 2.24) is 5.32 Å². The first-order chi connectivity index (χ1) is 9.62. The lowest BCUT2D eigenvalue weighted by Gasteiger charge is -2.52. The van der Waals surface area contributed by atoms with Crippen molar-refractivity contribution in [3.05, 3.63) is 0 Å². The van der Waals surface area contributed by atoms with Gasteiger partial charge in [0.25, 0.3) is 0 Å². The summed E-state index contributed by atoms with van der Waals surface area (Å²) in [5, 5.41) is 3.50. The van der Waals surface area contributed by atoms with E-state index < -0.39 is 0 Å². The summed E-state index contributed by atoms with van der Waals surface area (Å²) >= 11 is 0. The number of hydrogen-bond acceptors (Lipinski definition) is 5. The Morgan fingerprint density at radius 1 is 1.00 bits per heavy atom. The highest BCUT2D eigenvalue weighted by Gasteiger charge is 2.48. The van der Waals surface area contributed by atoms with Crippen molar-refractivity contribution in [1.29, 1.82) is 0 Å². The molecule has 0 amide bonds. The fourth-order valence-electron chi connectivity index (χ4n) is 2.47. The van der Waals surface area contributed by atoms with E-state index in [4.69, 9.17) is 18.9 Å². The summed E-state index contributed by atoms with van der Waals surface area (Å²) in [7, 11) is 1.67. The predicted molar refractivity (Wildman–Crippen MR) is 79.1 cm³/mol. The van der Waals surface area contributed by atoms with Crippen molar-refractivity contribution in [3.8, 4) is 0 Å². The van der Waals surface area contributed by atoms with Crippen LogP contribution in [0.3, 0.4) is 0 Å². The fraction of sp³-hybridized carbons (Fsp3) is 1.00. The molecule has 120 valence electrons. The summed E-state index contributed by atoms with van der Waals surface area (Å²) in [6, 6.07) is 0.576. The molecule has 0 bridgehead atoms. The minimum atomic E-state index is 0.222. The van der Waals surface area contributed by atoms with Gasteiger partial charge in [0.1, 0.15) is 0 Å². The molecule has 1 saturated carbocycles. The van der Waals surface area contributed by atoms with Crippen LogP contribution >= 0.6 is 0 Å². The third-order valence-electron chi connectivity index (χ3n) is 3.98. The Kier molecular flexibility index (Phi) is 8.64. The van der Waals surface area contributed by atoms with Crippen LogP contribution in [-0.4, -0.2) is 65.4 Å². The van der Waals surface area contributed by atoms with Crippen molar-refractivity contribution in [2.24, 2.45) is 5.41 Å². The van der Waals surface area contributed by atoms with E-state index in [-0.39, 0.29) is 5.41 Å². The van der Waals surface area contributed by atoms with Gasteiger partial charge in [-0.3, -0.25) is 0 Å². The number of hydrogen-bond donors (Lipinski definition) is 1. The molecular weight excluding hydrogens is 258 g/mol. The first kappa shape index (κ1) is 17.9. The van der Waals surface area contributed by atoms with Crippen LogP contribution in [0.15, 0.2) is 0 Å². The van der Waals surface area contributed by atoms with Gasteiger partial charge in [0.15, 0.2) is 0 Å². The van der Waals surface area contributed by atoms with Crippen molar-refractivity contribution in [2.75, 3.05) is 53.3 Å². The molecule has 2 atom stereocenters. The van der Waals surface area contributed by atoms with Crippen molar-refractivity contribution >= 4 is 0 Å². The molecule has 0 aromatic carbocycles. The largest absolute Gasteiger partial charge is 0.382 e. The van der Waals surface area contributed by atoms with E-state index in [0.29, 0.717) is 51.8 Å². The van der Waals surface area contributed by atoms with Crippen molar-refractivity contribution in [2.45, 2.75) is 39.3 Å². The molecular formula is C15H31NO4. The van der Waals surface area contributed by atoms with E-state index in [2.05, 4.69) is 26.1 Å². The smallest absolute Gasteiger partial charge is 0.0704 e. The summed E-state index contributed by atoms with van der Waals surface area (Å²) in [5.74, 6) is 0. The maximum absolute atomic E-state index is 5.89. The fourth-order valence-corrected chi connectivity index (χ4v) is 2.47. The lowest BCUT2D eigenvalue weighted by atomic mass is 9.64. The predicted octanol–water partition coefficient (Wildman–Crippen LogP) is 1.46. The zero-order valence-electron chi connectivity index (χ0n) is 13.4. The lowest BCUT2D eigenvalue weighted by Crippen LogP contribution is -2.61. The molecule has 0 heterocycles. The van der Waals surface area contributed by atoms with Gasteiger partial charge in [0.05, 0.1) is 45.7 Å². The Hall–Kier alpha value is -0.200. The number of methoxy groups -OCH3 is 1. The monoisotopic (exact) mass is 289 g/mol. The Morgan fingerprint density at radius 2 is 1.60 bits per heavy atom. The van der Waals surface area contributed by atoms with E-state index in [1.807, 2.05) is 0 Å². The van der Waals surface area contributed by atoms with Crippen LogP contribution in [-0.2, 0) is 18.9 Å². The average Bonchev–Trinajstić information content (AvgIpc) is 2.43. The van der Waals surface area contributed by atoms with Gasteiger partial charge in [-0.15, -0.1) is 0 Å². The highest BCUT2D eigenvalue weighted by molar-refractivity contribution is 5.02. The summed E-state index contributed by atoms with van der Waals surface area (Å²) in [6.45, 7) is 11.5. The third-order valence-corrected chi connectivity index (χ3v) is 3.98. The van der Waals surface area contributed by atoms with Gasteiger partial charge in [-0.1, -0.05) is 20.8 Å². The molecule has 1 aliphatic carbocycles. The molecule has 0 aromatic rings. The normalized spacial score (nSPS) is 24.6. The Balaban J connectivity index is 1.92. The molecule has 0 spiro atoms. The molecule has 5 heteroatoms. The summed E-state index contributed by atoms with van der Waals surface area (Å²) in [4.78, 5) is 0. The highest BCUT2D eigenvalue weighted by Crippen LogP contribution is 2.42. The third kappa shape index (κ3) is 5.66. The molecule has 1 rings (SSSR count). The van der Waals surface area contributed by atoms with E-state index in [1.165, 1.54) is 0 Å². The van der Waals surface area contributed by atoms with Gasteiger partial charge < -0.3 is 24.3 Å². The first-order valence-electron chi connectivity index (χ1n) is 7.62. The second kappa shape index (κ2) is 9.68. The molecule has 1 aliphatic rings. The second-order valence-corrected chi connectivity index (χ2v) is 5.74. The van der Waals surface area contributed by atoms with Crippen LogP contribution in [0.25, 0.3) is 0 Å². The minimum absolute atomic E-state index is 0.222. The molecule has 5 nitrogen and oxygen atoms in total. The zero-order chi connectivity index (χ0) is 14.8. The molecule has 2 unspecified atom stereocenters. The van der Waals surface area contributed by atoms with Crippen molar-refractivity contribution < 1.29 is 18.9 Å². The Bertz CT molecular complexity index is 248. The first-order valence-corrected chi connectivity index (χ1v) is 7.62. The van der Waals surface area contributed by atoms with Crippen LogP contribution in [0.2, 0.25) is 0 Å². The highest BCUT2D eigenvalue weighted by atomic mass is 16.6. The van der Waals surface area contributed by atoms with Crippen LogP contribution in [0.4, 0.5) is 0 Å². The maximum atomic E-state index is 5.89. The van der Waals surface area contributed by atoms with Crippen molar-refractivity contribution in [3.63, 3.8) is 0 Å². The van der Waals surface area contributed by atoms with Crippen LogP contribution < -0.4 is 5.32 Å². The number of ether oxygens (including phenoxy) is 4. The molecule has 1 N–H and O–H groups in total. The number of rotatable bonds is 12. The molecule has 20 heavy (non-hydrogen) atoms. The van der Waals surface area contributed by atoms with E-state index in [9.17, 15) is 0 Å². The molecule has 1 fully saturated rings. The summed E-state index contributed by atoms with van der Waals surface area (Å²) < 4.78 is 21.6. The van der Waals surface area contributed by atoms with Gasteiger partial charge in [-0.05, 0) is 13.0 Å².